The molecule has 0 bridgehead atoms. The lowest BCUT2D eigenvalue weighted by Crippen LogP contribution is -2.19. The molecule has 1 aromatic heterocycles. The Morgan fingerprint density at radius 2 is 2.20 bits per heavy atom. The Balaban J connectivity index is 2.05. The van der Waals surface area contributed by atoms with Crippen LogP contribution >= 0.6 is 27.5 Å². The summed E-state index contributed by atoms with van der Waals surface area (Å²) in [5, 5.41) is 18.8. The molecule has 2 rings (SSSR count). The molecule has 0 unspecified atom stereocenters. The van der Waals surface area contributed by atoms with Crippen molar-refractivity contribution in [3.63, 3.8) is 0 Å². The van der Waals surface area contributed by atoms with E-state index in [-0.39, 0.29) is 18.1 Å². The number of hydrogen-bond acceptors (Lipinski definition) is 4. The summed E-state index contributed by atoms with van der Waals surface area (Å²) in [6, 6.07) is 4.97. The number of benzene rings is 1. The van der Waals surface area contributed by atoms with Crippen molar-refractivity contribution in [2.75, 3.05) is 5.32 Å². The molecule has 0 saturated heterocycles. The molecule has 1 aromatic carbocycles. The number of hydrogen-bond donors (Lipinski definition) is 2. The van der Waals surface area contributed by atoms with Crippen LogP contribution in [0.25, 0.3) is 0 Å². The van der Waals surface area contributed by atoms with Gasteiger partial charge in [-0.3, -0.25) is 4.79 Å². The Bertz CT molecular complexity index is 673. The van der Waals surface area contributed by atoms with Crippen LogP contribution in [0.3, 0.4) is 0 Å². The Kier molecular flexibility index (Phi) is 4.35. The zero-order valence-corrected chi connectivity index (χ0v) is 12.2. The molecule has 0 spiro atoms. The van der Waals surface area contributed by atoms with E-state index in [0.29, 0.717) is 15.2 Å². The van der Waals surface area contributed by atoms with E-state index in [0.717, 1.165) is 4.68 Å². The molecule has 2 N–H and O–H groups in total. The monoisotopic (exact) mass is 358 g/mol. The molecule has 0 aliphatic carbocycles. The van der Waals surface area contributed by atoms with E-state index in [1.165, 1.54) is 6.20 Å². The molecule has 20 heavy (non-hydrogen) atoms. The maximum absolute atomic E-state index is 11.8. The van der Waals surface area contributed by atoms with Crippen LogP contribution in [-0.4, -0.2) is 32.0 Å². The van der Waals surface area contributed by atoms with Crippen LogP contribution in [0.15, 0.2) is 28.9 Å². The average molecular weight is 360 g/mol. The summed E-state index contributed by atoms with van der Waals surface area (Å²) in [6.45, 7) is -0.154. The number of aromatic nitrogens is 3. The topological polar surface area (TPSA) is 97.1 Å². The molecule has 104 valence electrons. The van der Waals surface area contributed by atoms with E-state index in [9.17, 15) is 9.59 Å². The molecule has 0 fully saturated rings. The van der Waals surface area contributed by atoms with E-state index >= 15 is 0 Å². The van der Waals surface area contributed by atoms with E-state index in [4.69, 9.17) is 16.7 Å². The van der Waals surface area contributed by atoms with Crippen molar-refractivity contribution < 1.29 is 14.7 Å². The first-order valence-electron chi connectivity index (χ1n) is 5.34. The van der Waals surface area contributed by atoms with Gasteiger partial charge in [-0.15, -0.1) is 5.10 Å². The summed E-state index contributed by atoms with van der Waals surface area (Å²) in [6.07, 6.45) is 1.18. The van der Waals surface area contributed by atoms with Gasteiger partial charge < -0.3 is 10.4 Å². The van der Waals surface area contributed by atoms with Gasteiger partial charge in [-0.2, -0.15) is 0 Å². The van der Waals surface area contributed by atoms with Crippen molar-refractivity contribution in [2.45, 2.75) is 6.54 Å². The van der Waals surface area contributed by atoms with Crippen molar-refractivity contribution in [3.05, 3.63) is 39.6 Å². The number of amides is 1. The van der Waals surface area contributed by atoms with Gasteiger partial charge in [0.1, 0.15) is 6.54 Å². The smallest absolute Gasteiger partial charge is 0.358 e. The molecule has 0 radical (unpaired) electrons. The highest BCUT2D eigenvalue weighted by molar-refractivity contribution is 9.10. The van der Waals surface area contributed by atoms with Crippen LogP contribution in [0, 0.1) is 0 Å². The highest BCUT2D eigenvalue weighted by Gasteiger charge is 2.11. The van der Waals surface area contributed by atoms with Gasteiger partial charge >= 0.3 is 5.97 Å². The van der Waals surface area contributed by atoms with E-state index in [1.807, 2.05) is 0 Å². The summed E-state index contributed by atoms with van der Waals surface area (Å²) in [5.41, 5.74) is 0.294. The second kappa shape index (κ2) is 6.02. The third kappa shape index (κ3) is 3.55. The van der Waals surface area contributed by atoms with Crippen LogP contribution < -0.4 is 5.32 Å². The van der Waals surface area contributed by atoms with E-state index in [1.54, 1.807) is 18.2 Å². The Labute approximate surface area is 126 Å². The fraction of sp³-hybridized carbons (Fsp3) is 0.0909. The molecule has 2 aromatic rings. The maximum Gasteiger partial charge on any atom is 0.358 e. The number of aromatic carboxylic acids is 1. The van der Waals surface area contributed by atoms with Gasteiger partial charge in [-0.1, -0.05) is 16.8 Å². The first kappa shape index (κ1) is 14.5. The van der Waals surface area contributed by atoms with Crippen molar-refractivity contribution in [1.82, 2.24) is 15.0 Å². The summed E-state index contributed by atoms with van der Waals surface area (Å²) < 4.78 is 1.82. The number of anilines is 1. The molecule has 1 amide bonds. The Hall–Kier alpha value is -1.93. The summed E-state index contributed by atoms with van der Waals surface area (Å²) in [4.78, 5) is 22.4. The zero-order chi connectivity index (χ0) is 14.7. The molecule has 9 heteroatoms. The molecule has 0 atom stereocenters. The third-order valence-corrected chi connectivity index (χ3v) is 3.19. The highest BCUT2D eigenvalue weighted by atomic mass is 79.9. The largest absolute Gasteiger partial charge is 0.476 e. The minimum Gasteiger partial charge on any atom is -0.476 e. The molecule has 0 aliphatic heterocycles. The number of carbonyl (C=O) groups excluding carboxylic acids is 1. The summed E-state index contributed by atoms with van der Waals surface area (Å²) >= 11 is 9.12. The second-order valence-electron chi connectivity index (χ2n) is 3.78. The number of nitrogens with one attached hydrogen (secondary N) is 1. The van der Waals surface area contributed by atoms with Gasteiger partial charge in [-0.25, -0.2) is 9.48 Å². The van der Waals surface area contributed by atoms with Gasteiger partial charge in [0.15, 0.2) is 5.69 Å². The van der Waals surface area contributed by atoms with Gasteiger partial charge in [0.25, 0.3) is 0 Å². The average Bonchev–Trinajstić information content (AvgIpc) is 2.82. The van der Waals surface area contributed by atoms with Crippen molar-refractivity contribution in [2.24, 2.45) is 0 Å². The number of carboxylic acids is 1. The molecular weight excluding hydrogens is 352 g/mol. The number of nitrogens with zero attached hydrogens (tertiary/aromatic N) is 3. The van der Waals surface area contributed by atoms with Crippen molar-refractivity contribution in [3.8, 4) is 0 Å². The Morgan fingerprint density at radius 3 is 2.85 bits per heavy atom. The zero-order valence-electron chi connectivity index (χ0n) is 9.88. The number of halogens is 2. The van der Waals surface area contributed by atoms with Crippen molar-refractivity contribution >= 4 is 45.1 Å². The maximum atomic E-state index is 11.8. The van der Waals surface area contributed by atoms with Crippen molar-refractivity contribution in [1.29, 1.82) is 0 Å². The first-order valence-corrected chi connectivity index (χ1v) is 6.51. The summed E-state index contributed by atoms with van der Waals surface area (Å²) in [5.74, 6) is -1.58. The molecule has 0 saturated carbocycles. The quantitative estimate of drug-likeness (QED) is 0.870. The van der Waals surface area contributed by atoms with Crippen LogP contribution in [-0.2, 0) is 11.3 Å². The number of rotatable bonds is 4. The van der Waals surface area contributed by atoms with Crippen LogP contribution in [0.2, 0.25) is 5.02 Å². The normalized spacial score (nSPS) is 10.3. The van der Waals surface area contributed by atoms with E-state index < -0.39 is 5.97 Å². The SMILES string of the molecule is O=C(Cn1cc(C(=O)O)nn1)Nc1cc(Cl)ccc1Br. The van der Waals surface area contributed by atoms with Crippen LogP contribution in [0.4, 0.5) is 5.69 Å². The minimum atomic E-state index is -1.20. The predicted molar refractivity (Wildman–Crippen MR) is 74.8 cm³/mol. The first-order chi connectivity index (χ1) is 9.45. The molecule has 7 nitrogen and oxygen atoms in total. The van der Waals surface area contributed by atoms with Crippen LogP contribution in [0.5, 0.6) is 0 Å². The van der Waals surface area contributed by atoms with E-state index in [2.05, 4.69) is 31.6 Å². The van der Waals surface area contributed by atoms with Gasteiger partial charge in [0.2, 0.25) is 5.91 Å². The molecular formula is C11H8BrClN4O3. The fourth-order valence-electron chi connectivity index (χ4n) is 1.40. The lowest BCUT2D eigenvalue weighted by Gasteiger charge is -2.07. The molecule has 0 aliphatic rings. The fourth-order valence-corrected chi connectivity index (χ4v) is 1.92. The van der Waals surface area contributed by atoms with Gasteiger partial charge in [-0.05, 0) is 34.1 Å². The third-order valence-electron chi connectivity index (χ3n) is 2.27. The lowest BCUT2D eigenvalue weighted by molar-refractivity contribution is -0.116. The molecule has 1 heterocycles. The standard InChI is InChI=1S/C11H8BrClN4O3/c12-7-2-1-6(13)3-8(7)14-10(18)5-17-4-9(11(19)20)15-16-17/h1-4H,5H2,(H,14,18)(H,19,20). The minimum absolute atomic E-state index is 0.154. The van der Waals surface area contributed by atoms with Gasteiger partial charge in [0.05, 0.1) is 11.9 Å². The lowest BCUT2D eigenvalue weighted by atomic mass is 10.3. The summed E-state index contributed by atoms with van der Waals surface area (Å²) in [7, 11) is 0. The second-order valence-corrected chi connectivity index (χ2v) is 5.07. The number of carbonyl (C=O) groups is 2. The van der Waals surface area contributed by atoms with Crippen LogP contribution in [0.1, 0.15) is 10.5 Å². The number of carboxylic acid groups (broad SMARTS) is 1. The van der Waals surface area contributed by atoms with Gasteiger partial charge in [0, 0.05) is 9.50 Å². The predicted octanol–water partition coefficient (Wildman–Crippen LogP) is 2.03. The Morgan fingerprint density at radius 1 is 1.45 bits per heavy atom. The highest BCUT2D eigenvalue weighted by Crippen LogP contribution is 2.25.